The van der Waals surface area contributed by atoms with E-state index in [1.54, 1.807) is 18.9 Å². The Hall–Kier alpha value is -1.14. The molecule has 122 valence electrons. The van der Waals surface area contributed by atoms with Crippen LogP contribution in [0.1, 0.15) is 33.1 Å². The third-order valence-electron chi connectivity index (χ3n) is 4.17. The second-order valence-electron chi connectivity index (χ2n) is 5.41. The summed E-state index contributed by atoms with van der Waals surface area (Å²) in [6.45, 7) is 6.67. The first-order valence-electron chi connectivity index (χ1n) is 7.74. The zero-order valence-corrected chi connectivity index (χ0v) is 13.4. The molecule has 0 aliphatic carbocycles. The Kier molecular flexibility index (Phi) is 7.67. The van der Waals surface area contributed by atoms with E-state index in [0.29, 0.717) is 19.8 Å². The maximum atomic E-state index is 12.9. The number of esters is 1. The van der Waals surface area contributed by atoms with Crippen LogP contribution in [0.25, 0.3) is 0 Å². The summed E-state index contributed by atoms with van der Waals surface area (Å²) in [6, 6.07) is 0. The Bertz CT molecular complexity index is 341. The number of hydrogen-bond donors (Lipinski definition) is 1. The molecule has 1 saturated heterocycles. The second kappa shape index (κ2) is 9.00. The van der Waals surface area contributed by atoms with Gasteiger partial charge in [0, 0.05) is 13.7 Å². The van der Waals surface area contributed by atoms with Crippen molar-refractivity contribution in [3.63, 3.8) is 0 Å². The van der Waals surface area contributed by atoms with Crippen molar-refractivity contribution in [3.8, 4) is 0 Å². The predicted molar refractivity (Wildman–Crippen MR) is 79.9 cm³/mol. The highest BCUT2D eigenvalue weighted by Crippen LogP contribution is 2.34. The van der Waals surface area contributed by atoms with Crippen LogP contribution in [0.2, 0.25) is 0 Å². The molecule has 1 aliphatic heterocycles. The zero-order chi connectivity index (χ0) is 15.7. The average Bonchev–Trinajstić information content (AvgIpc) is 2.51. The predicted octanol–water partition coefficient (Wildman–Crippen LogP) is 0.804. The summed E-state index contributed by atoms with van der Waals surface area (Å²) in [5, 5.41) is 3.28. The Morgan fingerprint density at radius 2 is 1.90 bits per heavy atom. The Labute approximate surface area is 127 Å². The molecule has 1 heterocycles. The standard InChI is InChI=1S/C15H28N2O4/c1-4-15(6-8-16-9-7-15)14(19)17(10-11-20-3)12-13(18)21-5-2/h16H,4-12H2,1-3H3. The molecule has 1 aliphatic rings. The molecule has 6 nitrogen and oxygen atoms in total. The van der Waals surface area contributed by atoms with Gasteiger partial charge >= 0.3 is 5.97 Å². The van der Waals surface area contributed by atoms with Gasteiger partial charge in [0.15, 0.2) is 0 Å². The summed E-state index contributed by atoms with van der Waals surface area (Å²) in [4.78, 5) is 26.3. The molecule has 0 aromatic rings. The number of hydrogen-bond acceptors (Lipinski definition) is 5. The van der Waals surface area contributed by atoms with Crippen molar-refractivity contribution in [1.82, 2.24) is 10.2 Å². The molecule has 1 N–H and O–H groups in total. The summed E-state index contributed by atoms with van der Waals surface area (Å²) < 4.78 is 10.0. The summed E-state index contributed by atoms with van der Waals surface area (Å²) in [7, 11) is 1.59. The van der Waals surface area contributed by atoms with Gasteiger partial charge < -0.3 is 19.7 Å². The zero-order valence-electron chi connectivity index (χ0n) is 13.4. The molecule has 1 fully saturated rings. The fourth-order valence-corrected chi connectivity index (χ4v) is 2.78. The number of rotatable bonds is 8. The summed E-state index contributed by atoms with van der Waals surface area (Å²) in [6.07, 6.45) is 2.42. The van der Waals surface area contributed by atoms with Gasteiger partial charge in [0.05, 0.1) is 18.6 Å². The largest absolute Gasteiger partial charge is 0.465 e. The van der Waals surface area contributed by atoms with E-state index in [0.717, 1.165) is 32.4 Å². The van der Waals surface area contributed by atoms with Crippen molar-refractivity contribution in [2.45, 2.75) is 33.1 Å². The number of nitrogens with zero attached hydrogens (tertiary/aromatic N) is 1. The lowest BCUT2D eigenvalue weighted by Crippen LogP contribution is -2.51. The topological polar surface area (TPSA) is 67.9 Å². The van der Waals surface area contributed by atoms with E-state index < -0.39 is 0 Å². The van der Waals surface area contributed by atoms with Crippen LogP contribution >= 0.6 is 0 Å². The molecule has 0 aromatic carbocycles. The van der Waals surface area contributed by atoms with E-state index >= 15 is 0 Å². The van der Waals surface area contributed by atoms with Crippen LogP contribution in [0.4, 0.5) is 0 Å². The van der Waals surface area contributed by atoms with Crippen LogP contribution in [0.3, 0.4) is 0 Å². The number of amides is 1. The molecule has 0 saturated carbocycles. The highest BCUT2D eigenvalue weighted by molar-refractivity contribution is 5.86. The van der Waals surface area contributed by atoms with Crippen LogP contribution in [-0.2, 0) is 19.1 Å². The van der Waals surface area contributed by atoms with E-state index in [9.17, 15) is 9.59 Å². The summed E-state index contributed by atoms with van der Waals surface area (Å²) >= 11 is 0. The highest BCUT2D eigenvalue weighted by Gasteiger charge is 2.40. The van der Waals surface area contributed by atoms with Gasteiger partial charge in [-0.2, -0.15) is 0 Å². The number of carbonyl (C=O) groups excluding carboxylic acids is 2. The van der Waals surface area contributed by atoms with Crippen LogP contribution in [0, 0.1) is 5.41 Å². The molecule has 0 radical (unpaired) electrons. The molecule has 1 amide bonds. The third-order valence-corrected chi connectivity index (χ3v) is 4.17. The van der Waals surface area contributed by atoms with Crippen molar-refractivity contribution in [3.05, 3.63) is 0 Å². The fraction of sp³-hybridized carbons (Fsp3) is 0.867. The minimum atomic E-state index is -0.359. The van der Waals surface area contributed by atoms with Gasteiger partial charge in [-0.05, 0) is 39.3 Å². The minimum absolute atomic E-state index is 0.00517. The lowest BCUT2D eigenvalue weighted by atomic mass is 9.75. The van der Waals surface area contributed by atoms with Crippen molar-refractivity contribution >= 4 is 11.9 Å². The maximum absolute atomic E-state index is 12.9. The van der Waals surface area contributed by atoms with Gasteiger partial charge in [-0.25, -0.2) is 0 Å². The Balaban J connectivity index is 2.78. The summed E-state index contributed by atoms with van der Waals surface area (Å²) in [5.41, 5.74) is -0.356. The first-order chi connectivity index (χ1) is 10.1. The van der Waals surface area contributed by atoms with Crippen molar-refractivity contribution in [2.24, 2.45) is 5.41 Å². The monoisotopic (exact) mass is 300 g/mol. The molecule has 6 heteroatoms. The number of carbonyl (C=O) groups is 2. The van der Waals surface area contributed by atoms with E-state index in [-0.39, 0.29) is 23.8 Å². The quantitative estimate of drug-likeness (QED) is 0.672. The third kappa shape index (κ3) is 4.97. The molecule has 0 atom stereocenters. The molecular weight excluding hydrogens is 272 g/mol. The molecule has 1 rings (SSSR count). The van der Waals surface area contributed by atoms with Gasteiger partial charge in [0.1, 0.15) is 6.54 Å². The van der Waals surface area contributed by atoms with Crippen molar-refractivity contribution < 1.29 is 19.1 Å². The highest BCUT2D eigenvalue weighted by atomic mass is 16.5. The number of methoxy groups -OCH3 is 1. The van der Waals surface area contributed by atoms with E-state index in [4.69, 9.17) is 9.47 Å². The van der Waals surface area contributed by atoms with Crippen molar-refractivity contribution in [1.29, 1.82) is 0 Å². The van der Waals surface area contributed by atoms with Gasteiger partial charge in [-0.3, -0.25) is 9.59 Å². The lowest BCUT2D eigenvalue weighted by Gasteiger charge is -2.39. The Morgan fingerprint density at radius 3 is 2.43 bits per heavy atom. The van der Waals surface area contributed by atoms with Crippen LogP contribution in [0.15, 0.2) is 0 Å². The van der Waals surface area contributed by atoms with Gasteiger partial charge in [-0.15, -0.1) is 0 Å². The van der Waals surface area contributed by atoms with Crippen molar-refractivity contribution in [2.75, 3.05) is 46.5 Å². The van der Waals surface area contributed by atoms with E-state index in [1.165, 1.54) is 0 Å². The fourth-order valence-electron chi connectivity index (χ4n) is 2.78. The maximum Gasteiger partial charge on any atom is 0.325 e. The smallest absolute Gasteiger partial charge is 0.325 e. The minimum Gasteiger partial charge on any atom is -0.465 e. The molecule has 0 aromatic heterocycles. The van der Waals surface area contributed by atoms with E-state index in [2.05, 4.69) is 5.32 Å². The lowest BCUT2D eigenvalue weighted by molar-refractivity contribution is -0.154. The van der Waals surface area contributed by atoms with Gasteiger partial charge in [-0.1, -0.05) is 6.92 Å². The first kappa shape index (κ1) is 17.9. The van der Waals surface area contributed by atoms with Crippen LogP contribution in [-0.4, -0.2) is 63.3 Å². The number of ether oxygens (including phenoxy) is 2. The molecule has 0 bridgehead atoms. The second-order valence-corrected chi connectivity index (χ2v) is 5.41. The molecule has 21 heavy (non-hydrogen) atoms. The normalized spacial score (nSPS) is 17.3. The van der Waals surface area contributed by atoms with Gasteiger partial charge in [0.25, 0.3) is 0 Å². The van der Waals surface area contributed by atoms with Crippen LogP contribution < -0.4 is 5.32 Å². The average molecular weight is 300 g/mol. The number of piperidine rings is 1. The number of nitrogens with one attached hydrogen (secondary N) is 1. The molecule has 0 spiro atoms. The Morgan fingerprint density at radius 1 is 1.24 bits per heavy atom. The molecular formula is C15H28N2O4. The summed E-state index contributed by atoms with van der Waals surface area (Å²) in [5.74, 6) is -0.307. The first-order valence-corrected chi connectivity index (χ1v) is 7.74. The van der Waals surface area contributed by atoms with Gasteiger partial charge in [0.2, 0.25) is 5.91 Å². The van der Waals surface area contributed by atoms with Crippen LogP contribution in [0.5, 0.6) is 0 Å². The van der Waals surface area contributed by atoms with E-state index in [1.807, 2.05) is 6.92 Å². The molecule has 0 unspecified atom stereocenters. The SMILES string of the molecule is CCOC(=O)CN(CCOC)C(=O)C1(CC)CCNCC1.